The second-order valence-electron chi connectivity index (χ2n) is 3.63. The highest BCUT2D eigenvalue weighted by molar-refractivity contribution is 9.10. The molecule has 0 aliphatic heterocycles. The Labute approximate surface area is 120 Å². The molecule has 0 aliphatic rings. The molecule has 0 saturated heterocycles. The van der Waals surface area contributed by atoms with Crippen molar-refractivity contribution in [1.29, 1.82) is 0 Å². The molecule has 0 bridgehead atoms. The van der Waals surface area contributed by atoms with E-state index < -0.39 is 0 Å². The highest BCUT2D eigenvalue weighted by atomic mass is 79.9. The van der Waals surface area contributed by atoms with Crippen LogP contribution in [0.4, 0.5) is 0 Å². The van der Waals surface area contributed by atoms with E-state index in [-0.39, 0.29) is 0 Å². The molecular weight excluding hydrogens is 358 g/mol. The summed E-state index contributed by atoms with van der Waals surface area (Å²) in [5.74, 6) is 0. The number of benzene rings is 2. The Kier molecular flexibility index (Phi) is 2.79. The Balaban J connectivity index is 2.51. The molecule has 0 unspecified atom stereocenters. The predicted octanol–water partition coefficient (Wildman–Crippen LogP) is 6.31. The predicted molar refractivity (Wildman–Crippen MR) is 76.5 cm³/mol. The molecule has 0 spiro atoms. The van der Waals surface area contributed by atoms with Crippen molar-refractivity contribution in [3.05, 3.63) is 43.8 Å². The summed E-state index contributed by atoms with van der Waals surface area (Å²) in [7, 11) is 0. The molecule has 0 radical (unpaired) electrons. The van der Waals surface area contributed by atoms with Crippen molar-refractivity contribution in [1.82, 2.24) is 0 Å². The molecule has 3 rings (SSSR count). The van der Waals surface area contributed by atoms with E-state index in [1.54, 1.807) is 12.1 Å². The molecule has 0 saturated carbocycles. The third-order valence-corrected chi connectivity index (χ3v) is 4.47. The van der Waals surface area contributed by atoms with Crippen LogP contribution < -0.4 is 0 Å². The molecule has 0 atom stereocenters. The Morgan fingerprint density at radius 3 is 2.00 bits per heavy atom. The van der Waals surface area contributed by atoms with Gasteiger partial charge in [-0.3, -0.25) is 0 Å². The topological polar surface area (TPSA) is 13.1 Å². The normalized spacial score (nSPS) is 11.5. The Bertz CT molecular complexity index is 686. The van der Waals surface area contributed by atoms with Crippen LogP contribution >= 0.6 is 50.7 Å². The summed E-state index contributed by atoms with van der Waals surface area (Å²) in [6.07, 6.45) is 0. The van der Waals surface area contributed by atoms with E-state index in [1.807, 2.05) is 12.1 Å². The van der Waals surface area contributed by atoms with Gasteiger partial charge in [0.25, 0.3) is 0 Å². The summed E-state index contributed by atoms with van der Waals surface area (Å²) in [5.41, 5.74) is 1.44. The first-order valence-electron chi connectivity index (χ1n) is 4.72. The smallest absolute Gasteiger partial charge is 0.137 e. The molecule has 5 heteroatoms. The molecule has 0 amide bonds. The summed E-state index contributed by atoms with van der Waals surface area (Å²) in [6.45, 7) is 0. The largest absolute Gasteiger partial charge is 0.456 e. The molecule has 1 heterocycles. The second kappa shape index (κ2) is 4.06. The fourth-order valence-corrected chi connectivity index (χ4v) is 2.57. The van der Waals surface area contributed by atoms with Crippen LogP contribution in [0, 0.1) is 0 Å². The first-order valence-corrected chi connectivity index (χ1v) is 6.65. The van der Waals surface area contributed by atoms with Gasteiger partial charge < -0.3 is 4.42 Å². The summed E-state index contributed by atoms with van der Waals surface area (Å²) >= 11 is 21.4. The van der Waals surface area contributed by atoms with E-state index in [2.05, 4.69) is 15.9 Å². The second-order valence-corrected chi connectivity index (χ2v) is 5.70. The van der Waals surface area contributed by atoms with Gasteiger partial charge in [0.15, 0.2) is 0 Å². The minimum atomic E-state index is 0.475. The zero-order chi connectivity index (χ0) is 12.2. The highest BCUT2D eigenvalue weighted by Crippen LogP contribution is 2.37. The molecule has 1 aromatic heterocycles. The molecule has 0 aliphatic carbocycles. The lowest BCUT2D eigenvalue weighted by atomic mass is 11.1. The molecule has 17 heavy (non-hydrogen) atoms. The van der Waals surface area contributed by atoms with E-state index in [0.29, 0.717) is 20.7 Å². The fourth-order valence-electron chi connectivity index (χ4n) is 1.77. The standard InChI is InChI=1S/C12H4BrCl3O/c13-7-3-11-5(1-8(7)14)6-2-9(15)10(16)4-12(6)17-11/h1-4H/i1+1,2+1,3+1,4+1,5+1,6+1,7+1,8+1,9+1,10+1,11+1,12+1. The molecule has 3 aromatic rings. The van der Waals surface area contributed by atoms with Crippen LogP contribution in [0.2, 0.25) is 15.1 Å². The van der Waals surface area contributed by atoms with Gasteiger partial charge in [0.1, 0.15) is 11.2 Å². The van der Waals surface area contributed by atoms with Gasteiger partial charge in [0.05, 0.1) is 15.1 Å². The van der Waals surface area contributed by atoms with Gasteiger partial charge in [-0.1, -0.05) is 34.8 Å². The van der Waals surface area contributed by atoms with E-state index in [1.165, 1.54) is 0 Å². The van der Waals surface area contributed by atoms with Crippen LogP contribution in [-0.4, -0.2) is 0 Å². The van der Waals surface area contributed by atoms with Crippen LogP contribution in [0.3, 0.4) is 0 Å². The molecule has 1 nitrogen and oxygen atoms in total. The van der Waals surface area contributed by atoms with E-state index in [0.717, 1.165) is 20.8 Å². The molecule has 0 N–H and O–H groups in total. The molecule has 86 valence electrons. The zero-order valence-electron chi connectivity index (χ0n) is 8.23. The average Bonchev–Trinajstić information content (AvgIpc) is 2.58. The zero-order valence-corrected chi connectivity index (χ0v) is 12.1. The maximum absolute atomic E-state index is 6.07. The van der Waals surface area contributed by atoms with Crippen molar-refractivity contribution in [2.24, 2.45) is 0 Å². The number of fused-ring (bicyclic) bond motifs is 3. The number of hydrogen-bond acceptors (Lipinski definition) is 1. The highest BCUT2D eigenvalue weighted by Gasteiger charge is 2.12. The van der Waals surface area contributed by atoms with Crippen LogP contribution in [-0.2, 0) is 0 Å². The van der Waals surface area contributed by atoms with Crippen LogP contribution in [0.15, 0.2) is 33.2 Å². The quantitative estimate of drug-likeness (QED) is 0.457. The summed E-state index contributed by atoms with van der Waals surface area (Å²) < 4.78 is 6.49. The number of furan rings is 1. The van der Waals surface area contributed by atoms with E-state index in [9.17, 15) is 0 Å². The van der Waals surface area contributed by atoms with Crippen LogP contribution in [0.5, 0.6) is 0 Å². The SMILES string of the molecule is Cl[13c]1[13cH][13c]2o[13c]3[13cH][13c](Br)[13c](Cl)[13cH][13c]3[13c]2[13cH][13c]1Cl. The van der Waals surface area contributed by atoms with Gasteiger partial charge in [-0.25, -0.2) is 0 Å². The summed E-state index contributed by atoms with van der Waals surface area (Å²) in [4.78, 5) is 0. The monoisotopic (exact) mass is 360 g/mol. The third kappa shape index (κ3) is 1.84. The van der Waals surface area contributed by atoms with Gasteiger partial charge in [0.2, 0.25) is 0 Å². The van der Waals surface area contributed by atoms with Gasteiger partial charge in [-0.15, -0.1) is 0 Å². The van der Waals surface area contributed by atoms with Crippen molar-refractivity contribution >= 4 is 72.7 Å². The molecule has 2 aromatic carbocycles. The minimum Gasteiger partial charge on any atom is -0.456 e. The third-order valence-electron chi connectivity index (χ3n) is 2.56. The van der Waals surface area contributed by atoms with E-state index >= 15 is 0 Å². The lowest BCUT2D eigenvalue weighted by molar-refractivity contribution is 0.668. The molecule has 0 fully saturated rings. The lowest BCUT2D eigenvalue weighted by Crippen LogP contribution is -1.71. The van der Waals surface area contributed by atoms with Gasteiger partial charge >= 0.3 is 0 Å². The minimum absolute atomic E-state index is 0.475. The van der Waals surface area contributed by atoms with Crippen molar-refractivity contribution in [3.63, 3.8) is 0 Å². The first kappa shape index (κ1) is 11.7. The Hall–Kier alpha value is -0.410. The number of hydrogen-bond donors (Lipinski definition) is 0. The summed E-state index contributed by atoms with van der Waals surface area (Å²) in [6, 6.07) is 7.17. The summed E-state index contributed by atoms with van der Waals surface area (Å²) in [5, 5.41) is 3.44. The van der Waals surface area contributed by atoms with Gasteiger partial charge in [-0.05, 0) is 34.1 Å². The number of rotatable bonds is 0. The van der Waals surface area contributed by atoms with Crippen molar-refractivity contribution in [3.8, 4) is 0 Å². The van der Waals surface area contributed by atoms with Crippen molar-refractivity contribution in [2.75, 3.05) is 0 Å². The number of halogens is 4. The first-order chi connectivity index (χ1) is 8.06. The van der Waals surface area contributed by atoms with Gasteiger partial charge in [0, 0.05) is 21.3 Å². The van der Waals surface area contributed by atoms with Gasteiger partial charge in [-0.2, -0.15) is 0 Å². The molecular formula is C12H4BrCl3O. The van der Waals surface area contributed by atoms with E-state index in [4.69, 9.17) is 39.2 Å². The average molecular weight is 362 g/mol. The fraction of sp³-hybridized carbons (Fsp3) is 0. The Morgan fingerprint density at radius 2 is 1.29 bits per heavy atom. The van der Waals surface area contributed by atoms with Crippen molar-refractivity contribution < 1.29 is 4.42 Å². The van der Waals surface area contributed by atoms with Crippen LogP contribution in [0.1, 0.15) is 0 Å². The maximum Gasteiger partial charge on any atom is 0.137 e. The van der Waals surface area contributed by atoms with Crippen LogP contribution in [0.25, 0.3) is 21.9 Å². The van der Waals surface area contributed by atoms with Crippen molar-refractivity contribution in [2.45, 2.75) is 0 Å². The maximum atomic E-state index is 6.07. The lowest BCUT2D eigenvalue weighted by Gasteiger charge is -1.96. The Morgan fingerprint density at radius 1 is 0.765 bits per heavy atom.